The Hall–Kier alpha value is -0.340. The van der Waals surface area contributed by atoms with E-state index in [0.29, 0.717) is 5.92 Å². The molecule has 0 heterocycles. The maximum absolute atomic E-state index is 6.12. The van der Waals surface area contributed by atoms with Crippen LogP contribution in [0.3, 0.4) is 0 Å². The van der Waals surface area contributed by atoms with Gasteiger partial charge in [-0.05, 0) is 17.5 Å². The molecule has 1 aromatic carbocycles. The fourth-order valence-electron chi connectivity index (χ4n) is 1.31. The van der Waals surface area contributed by atoms with Gasteiger partial charge in [0.1, 0.15) is 0 Å². The van der Waals surface area contributed by atoms with E-state index in [0.717, 1.165) is 10.9 Å². The normalized spacial score (nSPS) is 15.4. The van der Waals surface area contributed by atoms with E-state index in [4.69, 9.17) is 5.73 Å². The second-order valence-electron chi connectivity index (χ2n) is 3.43. The van der Waals surface area contributed by atoms with Crippen LogP contribution in [0.15, 0.2) is 28.7 Å². The Bertz CT molecular complexity index is 273. The van der Waals surface area contributed by atoms with E-state index in [1.807, 2.05) is 18.2 Å². The number of nitrogens with two attached hydrogens (primary N) is 1. The summed E-state index contributed by atoms with van der Waals surface area (Å²) < 4.78 is 1.11. The Morgan fingerprint density at radius 3 is 2.54 bits per heavy atom. The number of hydrogen-bond donors (Lipinski definition) is 1. The van der Waals surface area contributed by atoms with Gasteiger partial charge >= 0.3 is 0 Å². The highest BCUT2D eigenvalue weighted by molar-refractivity contribution is 9.10. The van der Waals surface area contributed by atoms with E-state index in [1.165, 1.54) is 5.56 Å². The molecular weight excluding hydrogens is 226 g/mol. The summed E-state index contributed by atoms with van der Waals surface area (Å²) >= 11 is 3.51. The van der Waals surface area contributed by atoms with Crippen LogP contribution in [0, 0.1) is 5.92 Å². The Kier molecular flexibility index (Phi) is 3.94. The van der Waals surface area contributed by atoms with E-state index < -0.39 is 0 Å². The summed E-state index contributed by atoms with van der Waals surface area (Å²) in [5.74, 6) is 0.527. The Balaban J connectivity index is 2.88. The molecule has 0 aliphatic heterocycles. The molecule has 0 aliphatic rings. The molecule has 1 aromatic rings. The zero-order valence-corrected chi connectivity index (χ0v) is 9.71. The number of hydrogen-bond acceptors (Lipinski definition) is 1. The second-order valence-corrected chi connectivity index (χ2v) is 4.29. The summed E-state index contributed by atoms with van der Waals surface area (Å²) in [6.07, 6.45) is 1.11. The lowest BCUT2D eigenvalue weighted by Crippen LogP contribution is -2.18. The summed E-state index contributed by atoms with van der Waals surface area (Å²) in [4.78, 5) is 0. The van der Waals surface area contributed by atoms with Crippen molar-refractivity contribution in [1.82, 2.24) is 0 Å². The zero-order valence-electron chi connectivity index (χ0n) is 8.13. The lowest BCUT2D eigenvalue weighted by atomic mass is 9.93. The predicted molar refractivity (Wildman–Crippen MR) is 60.5 cm³/mol. The van der Waals surface area contributed by atoms with E-state index in [2.05, 4.69) is 35.8 Å². The number of halogens is 1. The minimum absolute atomic E-state index is 0.139. The highest BCUT2D eigenvalue weighted by Gasteiger charge is 2.14. The second kappa shape index (κ2) is 4.77. The van der Waals surface area contributed by atoms with Gasteiger partial charge in [-0.2, -0.15) is 0 Å². The van der Waals surface area contributed by atoms with Crippen molar-refractivity contribution in [2.45, 2.75) is 26.3 Å². The third kappa shape index (κ3) is 2.55. The van der Waals surface area contributed by atoms with Crippen molar-refractivity contribution in [3.8, 4) is 0 Å². The molecule has 72 valence electrons. The minimum Gasteiger partial charge on any atom is -0.324 e. The third-order valence-electron chi connectivity index (χ3n) is 2.52. The minimum atomic E-state index is 0.139. The summed E-state index contributed by atoms with van der Waals surface area (Å²) in [6, 6.07) is 8.30. The van der Waals surface area contributed by atoms with Crippen LogP contribution in [0.1, 0.15) is 31.9 Å². The fraction of sp³-hybridized carbons (Fsp3) is 0.455. The van der Waals surface area contributed by atoms with Gasteiger partial charge in [0.05, 0.1) is 0 Å². The van der Waals surface area contributed by atoms with Crippen LogP contribution in [0.5, 0.6) is 0 Å². The van der Waals surface area contributed by atoms with Crippen molar-refractivity contribution in [2.75, 3.05) is 0 Å². The van der Waals surface area contributed by atoms with Gasteiger partial charge in [-0.25, -0.2) is 0 Å². The molecule has 0 aliphatic carbocycles. The van der Waals surface area contributed by atoms with Crippen LogP contribution in [0.25, 0.3) is 0 Å². The average molecular weight is 242 g/mol. The molecule has 2 N–H and O–H groups in total. The van der Waals surface area contributed by atoms with Crippen LogP contribution >= 0.6 is 15.9 Å². The topological polar surface area (TPSA) is 26.0 Å². The molecule has 0 saturated carbocycles. The van der Waals surface area contributed by atoms with Gasteiger partial charge in [0.2, 0.25) is 0 Å². The Labute approximate surface area is 88.5 Å². The summed E-state index contributed by atoms with van der Waals surface area (Å²) in [5.41, 5.74) is 7.33. The highest BCUT2D eigenvalue weighted by Crippen LogP contribution is 2.27. The largest absolute Gasteiger partial charge is 0.324 e. The maximum Gasteiger partial charge on any atom is 0.0332 e. The molecule has 0 aromatic heterocycles. The SMILES string of the molecule is CCC(C)[C@@H](N)c1ccccc1Br. The summed E-state index contributed by atoms with van der Waals surface area (Å²) in [6.45, 7) is 4.35. The molecule has 0 fully saturated rings. The van der Waals surface area contributed by atoms with Gasteiger partial charge in [-0.1, -0.05) is 54.4 Å². The van der Waals surface area contributed by atoms with E-state index in [-0.39, 0.29) is 6.04 Å². The molecule has 2 atom stereocenters. The Morgan fingerprint density at radius 1 is 1.38 bits per heavy atom. The monoisotopic (exact) mass is 241 g/mol. The van der Waals surface area contributed by atoms with Crippen LogP contribution in [0.2, 0.25) is 0 Å². The van der Waals surface area contributed by atoms with E-state index in [9.17, 15) is 0 Å². The van der Waals surface area contributed by atoms with E-state index >= 15 is 0 Å². The fourth-order valence-corrected chi connectivity index (χ4v) is 1.85. The van der Waals surface area contributed by atoms with Crippen molar-refractivity contribution in [1.29, 1.82) is 0 Å². The molecule has 0 bridgehead atoms. The standard InChI is InChI=1S/C11H16BrN/c1-3-8(2)11(13)9-6-4-5-7-10(9)12/h4-8,11H,3,13H2,1-2H3/t8?,11-/m1/s1. The predicted octanol–water partition coefficient (Wildman–Crippen LogP) is 3.50. The molecule has 1 nitrogen and oxygen atoms in total. The molecule has 13 heavy (non-hydrogen) atoms. The van der Waals surface area contributed by atoms with Crippen LogP contribution < -0.4 is 5.73 Å². The molecule has 1 rings (SSSR count). The van der Waals surface area contributed by atoms with Crippen LogP contribution in [-0.4, -0.2) is 0 Å². The smallest absolute Gasteiger partial charge is 0.0332 e. The molecule has 0 spiro atoms. The molecule has 0 saturated heterocycles. The average Bonchev–Trinajstić information content (AvgIpc) is 2.16. The van der Waals surface area contributed by atoms with Gasteiger partial charge in [-0.15, -0.1) is 0 Å². The van der Waals surface area contributed by atoms with Crippen LogP contribution in [0.4, 0.5) is 0 Å². The zero-order chi connectivity index (χ0) is 9.84. The van der Waals surface area contributed by atoms with Gasteiger partial charge in [0.15, 0.2) is 0 Å². The molecule has 2 heteroatoms. The molecule has 1 unspecified atom stereocenters. The van der Waals surface area contributed by atoms with Crippen molar-refractivity contribution >= 4 is 15.9 Å². The number of rotatable bonds is 3. The molecular formula is C11H16BrN. The van der Waals surface area contributed by atoms with Crippen LogP contribution in [-0.2, 0) is 0 Å². The molecule has 0 amide bonds. The summed E-state index contributed by atoms with van der Waals surface area (Å²) in [5, 5.41) is 0. The summed E-state index contributed by atoms with van der Waals surface area (Å²) in [7, 11) is 0. The van der Waals surface area contributed by atoms with Gasteiger partial charge in [-0.3, -0.25) is 0 Å². The first-order valence-electron chi connectivity index (χ1n) is 4.66. The van der Waals surface area contributed by atoms with Gasteiger partial charge in [0.25, 0.3) is 0 Å². The first kappa shape index (κ1) is 10.7. The Morgan fingerprint density at radius 2 is 2.00 bits per heavy atom. The lowest BCUT2D eigenvalue weighted by molar-refractivity contribution is 0.455. The molecule has 0 radical (unpaired) electrons. The van der Waals surface area contributed by atoms with Crippen molar-refractivity contribution < 1.29 is 0 Å². The van der Waals surface area contributed by atoms with Crippen molar-refractivity contribution in [3.05, 3.63) is 34.3 Å². The third-order valence-corrected chi connectivity index (χ3v) is 3.24. The van der Waals surface area contributed by atoms with Gasteiger partial charge < -0.3 is 5.73 Å². The quantitative estimate of drug-likeness (QED) is 0.862. The van der Waals surface area contributed by atoms with Crippen molar-refractivity contribution in [3.63, 3.8) is 0 Å². The van der Waals surface area contributed by atoms with Crippen molar-refractivity contribution in [2.24, 2.45) is 11.7 Å². The highest BCUT2D eigenvalue weighted by atomic mass is 79.9. The first-order valence-corrected chi connectivity index (χ1v) is 5.46. The first-order chi connectivity index (χ1) is 6.16. The maximum atomic E-state index is 6.12. The lowest BCUT2D eigenvalue weighted by Gasteiger charge is -2.19. The van der Waals surface area contributed by atoms with E-state index in [1.54, 1.807) is 0 Å². The van der Waals surface area contributed by atoms with Gasteiger partial charge in [0, 0.05) is 10.5 Å². The number of benzene rings is 1.